The molecule has 1 fully saturated rings. The number of hydrogen-bond acceptors (Lipinski definition) is 11. The lowest BCUT2D eigenvalue weighted by atomic mass is 10.0. The molecule has 0 radical (unpaired) electrons. The molecular weight excluding hydrogens is 826 g/mol. The van der Waals surface area contributed by atoms with E-state index in [-0.39, 0.29) is 19.4 Å². The number of carbonyl (C=O) groups excluding carboxylic acids is 2. The predicted molar refractivity (Wildman–Crippen MR) is 239 cm³/mol. The topological polar surface area (TPSA) is 208 Å². The van der Waals surface area contributed by atoms with Gasteiger partial charge in [-0.25, -0.2) is 9.13 Å². The average molecular weight is 913 g/mol. The molecule has 0 aromatic carbocycles. The SMILES string of the molecule is CCCCCC1OC1C/C=C\CCCCCCCC(=O)OC[C@H](COP(=O)(O)OC[C@@H](O)COP(=O)(O)O)OC(=O)CCCCCCCCCCCCCCCCCC(C)C. The molecule has 4 N–H and O–H groups in total. The lowest BCUT2D eigenvalue weighted by Crippen LogP contribution is -2.30. The number of epoxide rings is 1. The number of ether oxygens (including phenoxy) is 3. The Morgan fingerprint density at radius 3 is 1.67 bits per heavy atom. The van der Waals surface area contributed by atoms with Crippen LogP contribution in [0.3, 0.4) is 0 Å². The van der Waals surface area contributed by atoms with Crippen LogP contribution in [0.1, 0.15) is 207 Å². The van der Waals surface area contributed by atoms with Gasteiger partial charge in [0.25, 0.3) is 0 Å². The van der Waals surface area contributed by atoms with E-state index in [1.54, 1.807) is 0 Å². The average Bonchev–Trinajstić information content (AvgIpc) is 3.96. The Morgan fingerprint density at radius 2 is 1.11 bits per heavy atom. The minimum absolute atomic E-state index is 0.130. The van der Waals surface area contributed by atoms with Gasteiger partial charge < -0.3 is 34.0 Å². The van der Waals surface area contributed by atoms with Crippen molar-refractivity contribution in [1.29, 1.82) is 0 Å². The number of aliphatic hydroxyl groups excluding tert-OH is 1. The van der Waals surface area contributed by atoms with Crippen LogP contribution >= 0.6 is 15.6 Å². The smallest absolute Gasteiger partial charge is 0.462 e. The number of phosphoric ester groups is 2. The van der Waals surface area contributed by atoms with Gasteiger partial charge in [0, 0.05) is 12.8 Å². The molecule has 0 aliphatic carbocycles. The summed E-state index contributed by atoms with van der Waals surface area (Å²) in [6.45, 7) is 4.08. The maximum atomic E-state index is 12.7. The molecule has 61 heavy (non-hydrogen) atoms. The second kappa shape index (κ2) is 37.1. The maximum Gasteiger partial charge on any atom is 0.472 e. The molecular formula is C45H86O14P2. The van der Waals surface area contributed by atoms with Crippen molar-refractivity contribution in [3.05, 3.63) is 12.2 Å². The van der Waals surface area contributed by atoms with E-state index in [0.29, 0.717) is 25.0 Å². The number of hydrogen-bond donors (Lipinski definition) is 4. The van der Waals surface area contributed by atoms with Gasteiger partial charge in [-0.05, 0) is 44.4 Å². The molecule has 0 saturated carbocycles. The lowest BCUT2D eigenvalue weighted by molar-refractivity contribution is -0.161. The van der Waals surface area contributed by atoms with Crippen LogP contribution in [0, 0.1) is 5.92 Å². The quantitative estimate of drug-likeness (QED) is 0.0147. The van der Waals surface area contributed by atoms with E-state index in [9.17, 15) is 28.7 Å². The first-order valence-electron chi connectivity index (χ1n) is 23.9. The third-order valence-electron chi connectivity index (χ3n) is 10.7. The summed E-state index contributed by atoms with van der Waals surface area (Å²) >= 11 is 0. The highest BCUT2D eigenvalue weighted by atomic mass is 31.2. The number of rotatable bonds is 44. The molecule has 0 bridgehead atoms. The Kier molecular flexibility index (Phi) is 35.2. The van der Waals surface area contributed by atoms with E-state index in [1.165, 1.54) is 103 Å². The van der Waals surface area contributed by atoms with Gasteiger partial charge in [0.1, 0.15) is 12.7 Å². The highest BCUT2D eigenvalue weighted by molar-refractivity contribution is 7.47. The summed E-state index contributed by atoms with van der Waals surface area (Å²) in [4.78, 5) is 52.8. The highest BCUT2D eigenvalue weighted by Crippen LogP contribution is 2.44. The molecule has 1 aliphatic rings. The number of esters is 2. The Bertz CT molecular complexity index is 1210. The number of carbonyl (C=O) groups is 2. The fraction of sp³-hybridized carbons (Fsp3) is 0.911. The predicted octanol–water partition coefficient (Wildman–Crippen LogP) is 11.4. The van der Waals surface area contributed by atoms with Crippen molar-refractivity contribution in [2.45, 2.75) is 231 Å². The number of aliphatic hydroxyl groups is 1. The molecule has 0 spiro atoms. The summed E-state index contributed by atoms with van der Waals surface area (Å²) < 4.78 is 53.6. The van der Waals surface area contributed by atoms with Crippen LogP contribution in [-0.2, 0) is 46.5 Å². The maximum absolute atomic E-state index is 12.7. The Morgan fingerprint density at radius 1 is 0.607 bits per heavy atom. The van der Waals surface area contributed by atoms with Crippen LogP contribution in [0.15, 0.2) is 12.2 Å². The monoisotopic (exact) mass is 913 g/mol. The van der Waals surface area contributed by atoms with Crippen molar-refractivity contribution in [3.63, 3.8) is 0 Å². The van der Waals surface area contributed by atoms with Crippen molar-refractivity contribution in [3.8, 4) is 0 Å². The van der Waals surface area contributed by atoms with Gasteiger partial charge in [0.05, 0.1) is 32.0 Å². The summed E-state index contributed by atoms with van der Waals surface area (Å²) in [7, 11) is -9.68. The van der Waals surface area contributed by atoms with Gasteiger partial charge in [-0.1, -0.05) is 168 Å². The molecule has 1 rings (SSSR count). The van der Waals surface area contributed by atoms with E-state index < -0.39 is 59.6 Å². The molecule has 360 valence electrons. The summed E-state index contributed by atoms with van der Waals surface area (Å²) in [6, 6.07) is 0. The van der Waals surface area contributed by atoms with Crippen LogP contribution in [0.25, 0.3) is 0 Å². The van der Waals surface area contributed by atoms with Gasteiger partial charge in [-0.3, -0.25) is 23.2 Å². The van der Waals surface area contributed by atoms with Gasteiger partial charge >= 0.3 is 27.6 Å². The van der Waals surface area contributed by atoms with Crippen LogP contribution in [-0.4, -0.2) is 82.6 Å². The van der Waals surface area contributed by atoms with Gasteiger partial charge in [-0.15, -0.1) is 0 Å². The number of allylic oxidation sites excluding steroid dienone is 1. The third kappa shape index (κ3) is 39.0. The first-order valence-corrected chi connectivity index (χ1v) is 26.9. The largest absolute Gasteiger partial charge is 0.472 e. The third-order valence-corrected chi connectivity index (χ3v) is 12.2. The van der Waals surface area contributed by atoms with Crippen LogP contribution in [0.4, 0.5) is 0 Å². The molecule has 16 heteroatoms. The summed E-state index contributed by atoms with van der Waals surface area (Å²) in [5.41, 5.74) is 0. The Balaban J connectivity index is 2.31. The second-order valence-corrected chi connectivity index (χ2v) is 19.9. The highest BCUT2D eigenvalue weighted by Gasteiger charge is 2.36. The minimum atomic E-state index is -4.86. The van der Waals surface area contributed by atoms with Crippen LogP contribution < -0.4 is 0 Å². The van der Waals surface area contributed by atoms with Crippen molar-refractivity contribution in [1.82, 2.24) is 0 Å². The lowest BCUT2D eigenvalue weighted by Gasteiger charge is -2.20. The van der Waals surface area contributed by atoms with E-state index in [4.69, 9.17) is 33.0 Å². The van der Waals surface area contributed by atoms with E-state index in [2.05, 4.69) is 37.4 Å². The number of phosphoric acid groups is 2. The molecule has 5 atom stereocenters. The minimum Gasteiger partial charge on any atom is -0.462 e. The summed E-state index contributed by atoms with van der Waals surface area (Å²) in [6.07, 6.45) is 33.7. The first-order chi connectivity index (χ1) is 29.2. The standard InChI is InChI=1S/C45H86O14P2/c1-4-5-25-31-42-43(59-42)32-27-22-18-15-16-19-23-28-33-44(47)54-37-41(38-57-61(52,53)56-36-40(46)35-55-60(49,50)51)58-45(48)34-29-24-20-14-12-10-8-6-7-9-11-13-17-21-26-30-39(2)3/h22,27,39-43,46H,4-21,23-26,28-38H2,1-3H3,(H,52,53)(H2,49,50,51)/b27-22-/t40-,41+,42?,43?/m0/s1. The molecule has 0 aromatic heterocycles. The second-order valence-electron chi connectivity index (χ2n) is 17.3. The molecule has 1 heterocycles. The first kappa shape index (κ1) is 57.8. The fourth-order valence-electron chi connectivity index (χ4n) is 7.01. The van der Waals surface area contributed by atoms with Gasteiger partial charge in [-0.2, -0.15) is 0 Å². The zero-order valence-corrected chi connectivity index (χ0v) is 39.9. The molecule has 0 amide bonds. The Hall–Kier alpha value is -1.18. The molecule has 0 aromatic rings. The normalized spacial score (nSPS) is 17.4. The summed E-state index contributed by atoms with van der Waals surface area (Å²) in [5, 5.41) is 9.76. The van der Waals surface area contributed by atoms with Gasteiger partial charge in [0.15, 0.2) is 6.10 Å². The number of unbranched alkanes of at least 4 members (excludes halogenated alkanes) is 21. The molecule has 14 nitrogen and oxygen atoms in total. The van der Waals surface area contributed by atoms with Crippen LogP contribution in [0.5, 0.6) is 0 Å². The molecule has 1 saturated heterocycles. The van der Waals surface area contributed by atoms with E-state index in [1.807, 2.05) is 0 Å². The van der Waals surface area contributed by atoms with Crippen molar-refractivity contribution in [2.75, 3.05) is 26.4 Å². The fourth-order valence-corrected chi connectivity index (χ4v) is 8.17. The van der Waals surface area contributed by atoms with Crippen LogP contribution in [0.2, 0.25) is 0 Å². The summed E-state index contributed by atoms with van der Waals surface area (Å²) in [5.74, 6) is -0.228. The van der Waals surface area contributed by atoms with E-state index >= 15 is 0 Å². The zero-order valence-electron chi connectivity index (χ0n) is 38.1. The van der Waals surface area contributed by atoms with Crippen molar-refractivity contribution < 1.29 is 66.3 Å². The zero-order chi connectivity index (χ0) is 45.0. The van der Waals surface area contributed by atoms with Crippen molar-refractivity contribution in [2.24, 2.45) is 5.92 Å². The van der Waals surface area contributed by atoms with Gasteiger partial charge in [0.2, 0.25) is 0 Å². The molecule has 3 unspecified atom stereocenters. The Labute approximate surface area is 368 Å². The van der Waals surface area contributed by atoms with Crippen molar-refractivity contribution >= 4 is 27.6 Å². The molecule has 1 aliphatic heterocycles. The van der Waals surface area contributed by atoms with E-state index in [0.717, 1.165) is 63.7 Å².